The lowest BCUT2D eigenvalue weighted by molar-refractivity contribution is -0.117. The number of anilines is 1. The zero-order chi connectivity index (χ0) is 19.6. The van der Waals surface area contributed by atoms with E-state index in [4.69, 9.17) is 4.74 Å². The van der Waals surface area contributed by atoms with E-state index in [9.17, 15) is 18.0 Å². The molecule has 2 fully saturated rings. The number of fused-ring (bicyclic) bond motifs is 1. The lowest BCUT2D eigenvalue weighted by Gasteiger charge is -2.24. The standard InChI is InChI=1S/C19H26N2O5S/c1-3-26-19(23)13-8-14(11-15(9-13)27(2,24)25)20-18(22)17-10-12-6-4-5-7-16(12)21-17/h8-9,11-12,16-17,21H,3-7,10H2,1-2H3,(H,20,22). The van der Waals surface area contributed by atoms with Crippen LogP contribution in [0.5, 0.6) is 0 Å². The molecule has 1 aromatic carbocycles. The SMILES string of the molecule is CCOC(=O)c1cc(NC(=O)C2CC3CCCCC3N2)cc(S(C)(=O)=O)c1. The molecule has 27 heavy (non-hydrogen) atoms. The fraction of sp³-hybridized carbons (Fsp3) is 0.579. The van der Waals surface area contributed by atoms with Crippen LogP contribution in [0.15, 0.2) is 23.1 Å². The molecule has 0 spiro atoms. The highest BCUT2D eigenvalue weighted by Gasteiger charge is 2.38. The van der Waals surface area contributed by atoms with E-state index in [-0.39, 0.29) is 34.7 Å². The topological polar surface area (TPSA) is 102 Å². The van der Waals surface area contributed by atoms with Crippen LogP contribution in [-0.4, -0.2) is 45.2 Å². The van der Waals surface area contributed by atoms with Gasteiger partial charge in [-0.2, -0.15) is 0 Å². The Balaban J connectivity index is 1.79. The van der Waals surface area contributed by atoms with E-state index in [1.807, 2.05) is 0 Å². The third-order valence-corrected chi connectivity index (χ3v) is 6.38. The lowest BCUT2D eigenvalue weighted by Crippen LogP contribution is -2.39. The highest BCUT2D eigenvalue weighted by molar-refractivity contribution is 7.90. The van der Waals surface area contributed by atoms with Crippen molar-refractivity contribution in [3.05, 3.63) is 23.8 Å². The van der Waals surface area contributed by atoms with Crippen molar-refractivity contribution in [1.82, 2.24) is 5.32 Å². The Morgan fingerprint density at radius 1 is 1.22 bits per heavy atom. The molecule has 1 aromatic rings. The van der Waals surface area contributed by atoms with Crippen molar-refractivity contribution < 1.29 is 22.7 Å². The summed E-state index contributed by atoms with van der Waals surface area (Å²) in [6.07, 6.45) is 6.46. The van der Waals surface area contributed by atoms with Crippen LogP contribution in [0.2, 0.25) is 0 Å². The van der Waals surface area contributed by atoms with Crippen molar-refractivity contribution in [2.24, 2.45) is 5.92 Å². The van der Waals surface area contributed by atoms with Gasteiger partial charge in [-0.05, 0) is 50.3 Å². The molecule has 3 unspecified atom stereocenters. The highest BCUT2D eigenvalue weighted by atomic mass is 32.2. The molecule has 1 amide bonds. The molecular weight excluding hydrogens is 368 g/mol. The molecule has 1 saturated carbocycles. The summed E-state index contributed by atoms with van der Waals surface area (Å²) in [4.78, 5) is 24.7. The largest absolute Gasteiger partial charge is 0.462 e. The molecule has 3 atom stereocenters. The van der Waals surface area contributed by atoms with E-state index in [1.165, 1.54) is 31.0 Å². The van der Waals surface area contributed by atoms with Crippen molar-refractivity contribution in [2.45, 2.75) is 56.0 Å². The van der Waals surface area contributed by atoms with Crippen LogP contribution in [-0.2, 0) is 19.4 Å². The van der Waals surface area contributed by atoms with Crippen LogP contribution in [0.25, 0.3) is 0 Å². The number of hydrogen-bond acceptors (Lipinski definition) is 6. The first kappa shape index (κ1) is 19.8. The highest BCUT2D eigenvalue weighted by Crippen LogP contribution is 2.33. The Bertz CT molecular complexity index is 823. The van der Waals surface area contributed by atoms with E-state index in [0.717, 1.165) is 25.5 Å². The predicted molar refractivity (Wildman–Crippen MR) is 101 cm³/mol. The first-order chi connectivity index (χ1) is 12.8. The minimum absolute atomic E-state index is 0.0311. The minimum Gasteiger partial charge on any atom is -0.462 e. The molecule has 3 rings (SSSR count). The van der Waals surface area contributed by atoms with Gasteiger partial charge >= 0.3 is 5.97 Å². The van der Waals surface area contributed by atoms with Crippen LogP contribution in [0.3, 0.4) is 0 Å². The summed E-state index contributed by atoms with van der Waals surface area (Å²) in [6.45, 7) is 1.85. The zero-order valence-corrected chi connectivity index (χ0v) is 16.5. The normalized spacial score (nSPS) is 24.9. The average molecular weight is 394 g/mol. The van der Waals surface area contributed by atoms with Crippen LogP contribution in [0, 0.1) is 5.92 Å². The van der Waals surface area contributed by atoms with E-state index in [0.29, 0.717) is 12.0 Å². The summed E-state index contributed by atoms with van der Waals surface area (Å²) in [5.74, 6) is -0.305. The van der Waals surface area contributed by atoms with Gasteiger partial charge in [-0.15, -0.1) is 0 Å². The van der Waals surface area contributed by atoms with Gasteiger partial charge in [0.1, 0.15) is 0 Å². The Morgan fingerprint density at radius 3 is 2.63 bits per heavy atom. The Labute approximate surface area is 159 Å². The molecule has 2 aliphatic rings. The number of carbonyl (C=O) groups excluding carboxylic acids is 2. The number of esters is 1. The summed E-state index contributed by atoms with van der Waals surface area (Å²) < 4.78 is 28.9. The zero-order valence-electron chi connectivity index (χ0n) is 15.7. The average Bonchev–Trinajstić information content (AvgIpc) is 3.05. The van der Waals surface area contributed by atoms with Crippen LogP contribution in [0.4, 0.5) is 5.69 Å². The number of sulfone groups is 1. The minimum atomic E-state index is -3.54. The van der Waals surface area contributed by atoms with Crippen molar-refractivity contribution in [3.8, 4) is 0 Å². The molecule has 8 heteroatoms. The fourth-order valence-electron chi connectivity index (χ4n) is 3.97. The van der Waals surface area contributed by atoms with E-state index in [2.05, 4.69) is 10.6 Å². The number of benzene rings is 1. The monoisotopic (exact) mass is 394 g/mol. The van der Waals surface area contributed by atoms with Crippen molar-refractivity contribution in [1.29, 1.82) is 0 Å². The Hall–Kier alpha value is -1.93. The molecule has 7 nitrogen and oxygen atoms in total. The van der Waals surface area contributed by atoms with Gasteiger partial charge < -0.3 is 15.4 Å². The van der Waals surface area contributed by atoms with Gasteiger partial charge in [-0.3, -0.25) is 4.79 Å². The Kier molecular flexibility index (Phi) is 5.86. The maximum atomic E-state index is 12.7. The molecule has 2 N–H and O–H groups in total. The maximum absolute atomic E-state index is 12.7. The van der Waals surface area contributed by atoms with E-state index < -0.39 is 15.8 Å². The van der Waals surface area contributed by atoms with Crippen LogP contribution >= 0.6 is 0 Å². The van der Waals surface area contributed by atoms with Gasteiger partial charge in [0.15, 0.2) is 9.84 Å². The number of carbonyl (C=O) groups is 2. The summed E-state index contributed by atoms with van der Waals surface area (Å²) in [6, 6.07) is 4.17. The molecule has 0 radical (unpaired) electrons. The van der Waals surface area contributed by atoms with Gasteiger partial charge in [0, 0.05) is 18.0 Å². The first-order valence-corrected chi connectivity index (χ1v) is 11.3. The van der Waals surface area contributed by atoms with Crippen LogP contribution < -0.4 is 10.6 Å². The van der Waals surface area contributed by atoms with Gasteiger partial charge in [0.2, 0.25) is 5.91 Å². The third kappa shape index (κ3) is 4.68. The van der Waals surface area contributed by atoms with Gasteiger partial charge in [-0.1, -0.05) is 12.8 Å². The van der Waals surface area contributed by atoms with Crippen molar-refractivity contribution in [3.63, 3.8) is 0 Å². The summed E-state index contributed by atoms with van der Waals surface area (Å²) in [5.41, 5.74) is 0.380. The predicted octanol–water partition coefficient (Wildman–Crippen LogP) is 2.13. The molecule has 1 aliphatic heterocycles. The van der Waals surface area contributed by atoms with E-state index in [1.54, 1.807) is 6.92 Å². The number of hydrogen-bond donors (Lipinski definition) is 2. The Morgan fingerprint density at radius 2 is 1.96 bits per heavy atom. The summed E-state index contributed by atoms with van der Waals surface area (Å²) in [5, 5.41) is 6.16. The second-order valence-electron chi connectivity index (χ2n) is 7.33. The van der Waals surface area contributed by atoms with Crippen molar-refractivity contribution >= 4 is 27.4 Å². The second kappa shape index (κ2) is 7.98. The van der Waals surface area contributed by atoms with Gasteiger partial charge in [-0.25, -0.2) is 13.2 Å². The quantitative estimate of drug-likeness (QED) is 0.742. The number of rotatable bonds is 5. The van der Waals surface area contributed by atoms with E-state index >= 15 is 0 Å². The van der Waals surface area contributed by atoms with Gasteiger partial charge in [0.05, 0.1) is 23.1 Å². The molecule has 1 heterocycles. The number of ether oxygens (including phenoxy) is 1. The third-order valence-electron chi connectivity index (χ3n) is 5.29. The van der Waals surface area contributed by atoms with Crippen LogP contribution in [0.1, 0.15) is 49.4 Å². The maximum Gasteiger partial charge on any atom is 0.338 e. The fourth-order valence-corrected chi connectivity index (χ4v) is 4.65. The molecular formula is C19H26N2O5S. The smallest absolute Gasteiger partial charge is 0.338 e. The molecule has 148 valence electrons. The van der Waals surface area contributed by atoms with Gasteiger partial charge in [0.25, 0.3) is 0 Å². The summed E-state index contributed by atoms with van der Waals surface area (Å²) >= 11 is 0. The lowest BCUT2D eigenvalue weighted by atomic mass is 9.85. The number of amides is 1. The first-order valence-electron chi connectivity index (χ1n) is 9.37. The van der Waals surface area contributed by atoms with Crippen molar-refractivity contribution in [2.75, 3.05) is 18.2 Å². The molecule has 0 bridgehead atoms. The molecule has 1 aliphatic carbocycles. The summed E-state index contributed by atoms with van der Waals surface area (Å²) in [7, 11) is -3.54. The molecule has 0 aromatic heterocycles. The molecule has 1 saturated heterocycles. The second-order valence-corrected chi connectivity index (χ2v) is 9.35. The number of nitrogens with one attached hydrogen (secondary N) is 2.